The first kappa shape index (κ1) is 10.9. The van der Waals surface area contributed by atoms with Gasteiger partial charge in [-0.3, -0.25) is 0 Å². The van der Waals surface area contributed by atoms with Crippen molar-refractivity contribution >= 4 is 29.3 Å². The van der Waals surface area contributed by atoms with Gasteiger partial charge >= 0.3 is 29.3 Å². The molecule has 0 atom stereocenters. The first-order valence-corrected chi connectivity index (χ1v) is 3.92. The molecule has 12 heavy (non-hydrogen) atoms. The summed E-state index contributed by atoms with van der Waals surface area (Å²) in [5.74, 6) is -1.93. The molecule has 0 spiro atoms. The molecule has 0 aliphatic heterocycles. The van der Waals surface area contributed by atoms with Crippen LogP contribution >= 0.6 is 17.4 Å². The second kappa shape index (κ2) is 6.58. The quantitative estimate of drug-likeness (QED) is 0.506. The van der Waals surface area contributed by atoms with E-state index in [1.165, 1.54) is 0 Å². The molecule has 8 heteroatoms. The molecule has 0 N–H and O–H groups in total. The molecule has 0 aromatic heterocycles. The second-order valence-corrected chi connectivity index (χ2v) is 1.97. The Morgan fingerprint density at radius 1 is 0.917 bits per heavy atom. The van der Waals surface area contributed by atoms with Crippen molar-refractivity contribution in [3.05, 3.63) is 12.2 Å². The van der Waals surface area contributed by atoms with E-state index in [1.807, 2.05) is 0 Å². The highest BCUT2D eigenvalue weighted by Crippen LogP contribution is 1.98. The minimum Gasteiger partial charge on any atom is -0.369 e. The largest absolute Gasteiger partial charge is 0.398 e. The van der Waals surface area contributed by atoms with E-state index in [4.69, 9.17) is 0 Å². The fourth-order valence-electron chi connectivity index (χ4n) is 0.270. The lowest BCUT2D eigenvalue weighted by atomic mass is 10.5. The van der Waals surface area contributed by atoms with Gasteiger partial charge < -0.3 is 9.05 Å². The maximum absolute atomic E-state index is 10.3. The molecule has 0 aliphatic rings. The fourth-order valence-corrected chi connectivity index (χ4v) is 0.539. The monoisotopic (exact) mass is 208 g/mol. The van der Waals surface area contributed by atoms with E-state index in [2.05, 4.69) is 9.05 Å². The SMILES string of the molecule is O=POC(=O)/C=C\C(=O)OP=O. The van der Waals surface area contributed by atoms with Crippen molar-refractivity contribution in [3.8, 4) is 0 Å². The highest BCUT2D eigenvalue weighted by Gasteiger charge is 1.99. The van der Waals surface area contributed by atoms with Crippen molar-refractivity contribution in [2.24, 2.45) is 0 Å². The van der Waals surface area contributed by atoms with Crippen LogP contribution in [0.2, 0.25) is 0 Å². The highest BCUT2D eigenvalue weighted by molar-refractivity contribution is 7.18. The number of rotatable bonds is 4. The zero-order valence-electron chi connectivity index (χ0n) is 5.50. The van der Waals surface area contributed by atoms with Crippen LogP contribution in [0, 0.1) is 0 Å². The standard InChI is InChI=1S/C4H2O6P2/c5-3(9-11-7)1-2-4(6)10-12-8/h1-2H/b2-1-. The Morgan fingerprint density at radius 2 is 1.25 bits per heavy atom. The number of carbonyl (C=O) groups is 2. The molecule has 0 aromatic carbocycles. The number of carbonyl (C=O) groups excluding carboxylic acids is 2. The summed E-state index contributed by atoms with van der Waals surface area (Å²) in [7, 11) is -1.62. The lowest BCUT2D eigenvalue weighted by Gasteiger charge is -1.85. The summed E-state index contributed by atoms with van der Waals surface area (Å²) in [6, 6.07) is 0. The Morgan fingerprint density at radius 3 is 1.50 bits per heavy atom. The lowest BCUT2D eigenvalue weighted by Crippen LogP contribution is -1.95. The first-order valence-electron chi connectivity index (χ1n) is 2.46. The van der Waals surface area contributed by atoms with Crippen LogP contribution in [-0.2, 0) is 27.8 Å². The molecular weight excluding hydrogens is 206 g/mol. The van der Waals surface area contributed by atoms with Crippen LogP contribution in [0.5, 0.6) is 0 Å². The summed E-state index contributed by atoms with van der Waals surface area (Å²) >= 11 is 0. The van der Waals surface area contributed by atoms with Crippen LogP contribution in [0.25, 0.3) is 0 Å². The van der Waals surface area contributed by atoms with Gasteiger partial charge in [-0.25, -0.2) is 18.7 Å². The average molecular weight is 208 g/mol. The second-order valence-electron chi connectivity index (χ2n) is 1.30. The molecule has 0 bridgehead atoms. The summed E-state index contributed by atoms with van der Waals surface area (Å²) in [6.45, 7) is 0. The highest BCUT2D eigenvalue weighted by atomic mass is 31.1. The van der Waals surface area contributed by atoms with Gasteiger partial charge in [-0.1, -0.05) is 0 Å². The average Bonchev–Trinajstić information content (AvgIpc) is 2.02. The maximum atomic E-state index is 10.3. The van der Waals surface area contributed by atoms with E-state index in [0.29, 0.717) is 12.2 Å². The topological polar surface area (TPSA) is 86.7 Å². The summed E-state index contributed by atoms with van der Waals surface area (Å²) in [5, 5.41) is 0. The normalized spacial score (nSPS) is 10.3. The molecular formula is C4H2O6P2. The molecule has 64 valence electrons. The van der Waals surface area contributed by atoms with E-state index in [-0.39, 0.29) is 0 Å². The van der Waals surface area contributed by atoms with Gasteiger partial charge in [0.2, 0.25) is 0 Å². The Labute approximate surface area is 70.1 Å². The molecule has 0 radical (unpaired) electrons. The van der Waals surface area contributed by atoms with Gasteiger partial charge in [0.25, 0.3) is 0 Å². The van der Waals surface area contributed by atoms with Crippen LogP contribution in [0.3, 0.4) is 0 Å². The summed E-state index contributed by atoms with van der Waals surface area (Å²) < 4.78 is 27.0. The molecule has 0 aliphatic carbocycles. The molecule has 0 heterocycles. The van der Waals surface area contributed by atoms with Crippen molar-refractivity contribution in [1.82, 2.24) is 0 Å². The first-order chi connectivity index (χ1) is 5.70. The smallest absolute Gasteiger partial charge is 0.369 e. The predicted molar refractivity (Wildman–Crippen MR) is 36.5 cm³/mol. The minimum atomic E-state index is -0.966. The molecule has 0 saturated carbocycles. The molecule has 0 unspecified atom stereocenters. The van der Waals surface area contributed by atoms with Gasteiger partial charge in [-0.05, 0) is 0 Å². The Bertz CT molecular complexity index is 210. The van der Waals surface area contributed by atoms with E-state index in [9.17, 15) is 18.7 Å². The van der Waals surface area contributed by atoms with Crippen LogP contribution in [0.1, 0.15) is 0 Å². The molecule has 0 rings (SSSR count). The summed E-state index contributed by atoms with van der Waals surface area (Å²) in [4.78, 5) is 20.7. The van der Waals surface area contributed by atoms with Crippen molar-refractivity contribution in [1.29, 1.82) is 0 Å². The molecule has 0 fully saturated rings. The van der Waals surface area contributed by atoms with Crippen molar-refractivity contribution in [2.75, 3.05) is 0 Å². The van der Waals surface area contributed by atoms with Crippen LogP contribution < -0.4 is 0 Å². The van der Waals surface area contributed by atoms with Gasteiger partial charge in [0, 0.05) is 12.2 Å². The van der Waals surface area contributed by atoms with E-state index in [0.717, 1.165) is 0 Å². The van der Waals surface area contributed by atoms with Gasteiger partial charge in [-0.2, -0.15) is 0 Å². The molecule has 0 saturated heterocycles. The lowest BCUT2D eigenvalue weighted by molar-refractivity contribution is -0.130. The molecule has 0 aromatic rings. The van der Waals surface area contributed by atoms with Crippen LogP contribution in [-0.4, -0.2) is 11.9 Å². The van der Waals surface area contributed by atoms with Crippen molar-refractivity contribution in [2.45, 2.75) is 0 Å². The third-order valence-electron chi connectivity index (χ3n) is 0.610. The van der Waals surface area contributed by atoms with Gasteiger partial charge in [-0.15, -0.1) is 0 Å². The van der Waals surface area contributed by atoms with Crippen molar-refractivity contribution in [3.63, 3.8) is 0 Å². The number of hydrogen-bond donors (Lipinski definition) is 0. The minimum absolute atomic E-state index is 0.693. The van der Waals surface area contributed by atoms with Crippen LogP contribution in [0.4, 0.5) is 0 Å². The summed E-state index contributed by atoms with van der Waals surface area (Å²) in [5.41, 5.74) is 0. The third kappa shape index (κ3) is 5.65. The zero-order chi connectivity index (χ0) is 9.40. The summed E-state index contributed by atoms with van der Waals surface area (Å²) in [6.07, 6.45) is 1.39. The van der Waals surface area contributed by atoms with E-state index >= 15 is 0 Å². The molecule has 6 nitrogen and oxygen atoms in total. The predicted octanol–water partition coefficient (Wildman–Crippen LogP) is 1.04. The zero-order valence-corrected chi connectivity index (χ0v) is 7.29. The Kier molecular flexibility index (Phi) is 5.97. The molecule has 0 amide bonds. The fraction of sp³-hybridized carbons (Fsp3) is 0. The van der Waals surface area contributed by atoms with E-state index < -0.39 is 29.3 Å². The van der Waals surface area contributed by atoms with Gasteiger partial charge in [0.15, 0.2) is 0 Å². The Hall–Kier alpha value is -1.12. The van der Waals surface area contributed by atoms with Gasteiger partial charge in [0.1, 0.15) is 0 Å². The van der Waals surface area contributed by atoms with Gasteiger partial charge in [0.05, 0.1) is 0 Å². The third-order valence-corrected chi connectivity index (χ3v) is 1.12. The van der Waals surface area contributed by atoms with E-state index in [1.54, 1.807) is 0 Å². The van der Waals surface area contributed by atoms with Crippen molar-refractivity contribution < 1.29 is 27.8 Å². The maximum Gasteiger partial charge on any atom is 0.398 e. The number of hydrogen-bond acceptors (Lipinski definition) is 6. The Balaban J connectivity index is 3.88. The van der Waals surface area contributed by atoms with Crippen LogP contribution in [0.15, 0.2) is 12.2 Å².